The van der Waals surface area contributed by atoms with Gasteiger partial charge in [0, 0.05) is 12.1 Å². The molecule has 0 spiro atoms. The van der Waals surface area contributed by atoms with Crippen LogP contribution in [0, 0.1) is 0 Å². The van der Waals surface area contributed by atoms with Crippen LogP contribution in [0.15, 0.2) is 30.3 Å². The topological polar surface area (TPSA) is 32.3 Å². The Balaban J connectivity index is 1.86. The van der Waals surface area contributed by atoms with E-state index in [2.05, 4.69) is 56.4 Å². The van der Waals surface area contributed by atoms with E-state index in [0.29, 0.717) is 12.1 Å². The van der Waals surface area contributed by atoms with E-state index >= 15 is 0 Å². The highest BCUT2D eigenvalue weighted by molar-refractivity contribution is 5.23. The molecule has 0 saturated heterocycles. The summed E-state index contributed by atoms with van der Waals surface area (Å²) in [5.74, 6) is 0. The molecule has 1 saturated carbocycles. The molecule has 0 bridgehead atoms. The van der Waals surface area contributed by atoms with E-state index in [9.17, 15) is 5.11 Å². The van der Waals surface area contributed by atoms with Gasteiger partial charge in [0.1, 0.15) is 0 Å². The summed E-state index contributed by atoms with van der Waals surface area (Å²) in [5.41, 5.74) is 1.61. The molecule has 0 aromatic heterocycles. The molecule has 2 heteroatoms. The second-order valence-corrected chi connectivity index (χ2v) is 7.03. The largest absolute Gasteiger partial charge is 0.393 e. The summed E-state index contributed by atoms with van der Waals surface area (Å²) in [7, 11) is 0. The quantitative estimate of drug-likeness (QED) is 0.860. The van der Waals surface area contributed by atoms with Gasteiger partial charge in [-0.1, -0.05) is 44.2 Å². The van der Waals surface area contributed by atoms with Crippen LogP contribution in [0.5, 0.6) is 0 Å². The number of nitrogens with one attached hydrogen (secondary N) is 1. The van der Waals surface area contributed by atoms with Crippen LogP contribution in [0.1, 0.15) is 58.4 Å². The summed E-state index contributed by atoms with van der Waals surface area (Å²) < 4.78 is 0. The predicted molar refractivity (Wildman–Crippen MR) is 84.9 cm³/mol. The second-order valence-electron chi connectivity index (χ2n) is 7.03. The van der Waals surface area contributed by atoms with Gasteiger partial charge in [-0.15, -0.1) is 0 Å². The lowest BCUT2D eigenvalue weighted by Gasteiger charge is -2.33. The SMILES string of the molecule is CC(CC(C)(C)c1ccccc1)NC1CCC(O)CC1. The van der Waals surface area contributed by atoms with Crippen molar-refractivity contribution in [1.29, 1.82) is 0 Å². The number of benzene rings is 1. The normalized spacial score (nSPS) is 25.4. The first-order chi connectivity index (χ1) is 9.47. The molecular weight excluding hydrogens is 246 g/mol. The van der Waals surface area contributed by atoms with E-state index in [-0.39, 0.29) is 11.5 Å². The van der Waals surface area contributed by atoms with Crippen molar-refractivity contribution < 1.29 is 5.11 Å². The van der Waals surface area contributed by atoms with Gasteiger partial charge in [-0.3, -0.25) is 0 Å². The first kappa shape index (κ1) is 15.5. The maximum Gasteiger partial charge on any atom is 0.0541 e. The highest BCUT2D eigenvalue weighted by atomic mass is 16.3. The molecule has 2 N–H and O–H groups in total. The van der Waals surface area contributed by atoms with E-state index < -0.39 is 0 Å². The van der Waals surface area contributed by atoms with Crippen LogP contribution in [0.25, 0.3) is 0 Å². The third-order valence-corrected chi connectivity index (χ3v) is 4.59. The minimum Gasteiger partial charge on any atom is -0.393 e. The minimum atomic E-state index is -0.0656. The lowest BCUT2D eigenvalue weighted by molar-refractivity contribution is 0.113. The fourth-order valence-corrected chi connectivity index (χ4v) is 3.48. The highest BCUT2D eigenvalue weighted by Crippen LogP contribution is 2.29. The van der Waals surface area contributed by atoms with E-state index in [1.807, 2.05) is 0 Å². The fourth-order valence-electron chi connectivity index (χ4n) is 3.48. The maximum absolute atomic E-state index is 9.57. The van der Waals surface area contributed by atoms with Crippen LogP contribution in [0.2, 0.25) is 0 Å². The number of aliphatic hydroxyl groups is 1. The smallest absolute Gasteiger partial charge is 0.0541 e. The Morgan fingerprint density at radius 2 is 1.75 bits per heavy atom. The Kier molecular flexibility index (Phi) is 5.22. The Morgan fingerprint density at radius 3 is 2.35 bits per heavy atom. The van der Waals surface area contributed by atoms with Gasteiger partial charge in [-0.2, -0.15) is 0 Å². The molecule has 0 radical (unpaired) electrons. The van der Waals surface area contributed by atoms with E-state index in [1.165, 1.54) is 5.56 Å². The van der Waals surface area contributed by atoms with E-state index in [1.54, 1.807) is 0 Å². The molecule has 1 aliphatic rings. The van der Waals surface area contributed by atoms with Crippen LogP contribution in [-0.2, 0) is 5.41 Å². The molecule has 0 heterocycles. The molecule has 20 heavy (non-hydrogen) atoms. The lowest BCUT2D eigenvalue weighted by atomic mass is 9.79. The zero-order chi connectivity index (χ0) is 14.6. The monoisotopic (exact) mass is 275 g/mol. The first-order valence-corrected chi connectivity index (χ1v) is 7.97. The summed E-state index contributed by atoms with van der Waals surface area (Å²) in [4.78, 5) is 0. The number of rotatable bonds is 5. The van der Waals surface area contributed by atoms with E-state index in [0.717, 1.165) is 32.1 Å². The average molecular weight is 275 g/mol. The third-order valence-electron chi connectivity index (χ3n) is 4.59. The van der Waals surface area contributed by atoms with Crippen molar-refractivity contribution in [2.45, 2.75) is 76.5 Å². The highest BCUT2D eigenvalue weighted by Gasteiger charge is 2.26. The Morgan fingerprint density at radius 1 is 1.15 bits per heavy atom. The second kappa shape index (κ2) is 6.73. The van der Waals surface area contributed by atoms with Crippen molar-refractivity contribution >= 4 is 0 Å². The molecule has 2 rings (SSSR count). The van der Waals surface area contributed by atoms with Gasteiger partial charge >= 0.3 is 0 Å². The molecule has 1 aliphatic carbocycles. The van der Waals surface area contributed by atoms with Crippen molar-refractivity contribution in [2.75, 3.05) is 0 Å². The van der Waals surface area contributed by atoms with Gasteiger partial charge < -0.3 is 10.4 Å². The Hall–Kier alpha value is -0.860. The lowest BCUT2D eigenvalue weighted by Crippen LogP contribution is -2.42. The predicted octanol–water partition coefficient (Wildman–Crippen LogP) is 3.64. The molecule has 1 unspecified atom stereocenters. The molecule has 1 atom stereocenters. The van der Waals surface area contributed by atoms with Gasteiger partial charge in [0.2, 0.25) is 0 Å². The van der Waals surface area contributed by atoms with Crippen LogP contribution in [0.4, 0.5) is 0 Å². The number of hydrogen-bond acceptors (Lipinski definition) is 2. The molecular formula is C18H29NO. The van der Waals surface area contributed by atoms with Crippen molar-refractivity contribution in [3.05, 3.63) is 35.9 Å². The summed E-state index contributed by atoms with van der Waals surface area (Å²) in [5, 5.41) is 13.3. The molecule has 0 aliphatic heterocycles. The molecule has 1 fully saturated rings. The average Bonchev–Trinajstić information content (AvgIpc) is 2.42. The van der Waals surface area contributed by atoms with E-state index in [4.69, 9.17) is 0 Å². The van der Waals surface area contributed by atoms with Crippen LogP contribution < -0.4 is 5.32 Å². The third kappa shape index (κ3) is 4.32. The van der Waals surface area contributed by atoms with Crippen molar-refractivity contribution in [2.24, 2.45) is 0 Å². The molecule has 0 amide bonds. The Labute approximate surface area is 123 Å². The Bertz CT molecular complexity index is 393. The van der Waals surface area contributed by atoms with Crippen molar-refractivity contribution in [3.8, 4) is 0 Å². The maximum atomic E-state index is 9.57. The van der Waals surface area contributed by atoms with Gasteiger partial charge in [0.25, 0.3) is 0 Å². The van der Waals surface area contributed by atoms with Crippen LogP contribution in [0.3, 0.4) is 0 Å². The molecule has 2 nitrogen and oxygen atoms in total. The first-order valence-electron chi connectivity index (χ1n) is 7.97. The summed E-state index contributed by atoms with van der Waals surface area (Å²) in [6, 6.07) is 11.9. The van der Waals surface area contributed by atoms with Gasteiger partial charge in [-0.05, 0) is 50.0 Å². The zero-order valence-corrected chi connectivity index (χ0v) is 13.1. The van der Waals surface area contributed by atoms with Gasteiger partial charge in [0.05, 0.1) is 6.10 Å². The molecule has 1 aromatic carbocycles. The standard InChI is InChI=1S/C18H29NO/c1-14(19-16-9-11-17(20)12-10-16)13-18(2,3)15-7-5-4-6-8-15/h4-8,14,16-17,19-20H,9-13H2,1-3H3. The minimum absolute atomic E-state index is 0.0656. The number of aliphatic hydroxyl groups excluding tert-OH is 1. The number of hydrogen-bond donors (Lipinski definition) is 2. The summed E-state index contributed by atoms with van der Waals surface area (Å²) in [6.45, 7) is 6.94. The van der Waals surface area contributed by atoms with Crippen LogP contribution >= 0.6 is 0 Å². The molecule has 112 valence electrons. The fraction of sp³-hybridized carbons (Fsp3) is 0.667. The van der Waals surface area contributed by atoms with Gasteiger partial charge in [0.15, 0.2) is 0 Å². The van der Waals surface area contributed by atoms with Crippen LogP contribution in [-0.4, -0.2) is 23.3 Å². The summed E-state index contributed by atoms with van der Waals surface area (Å²) >= 11 is 0. The van der Waals surface area contributed by atoms with Crippen molar-refractivity contribution in [3.63, 3.8) is 0 Å². The molecule has 1 aromatic rings. The van der Waals surface area contributed by atoms with Gasteiger partial charge in [-0.25, -0.2) is 0 Å². The van der Waals surface area contributed by atoms with Crippen molar-refractivity contribution in [1.82, 2.24) is 5.32 Å². The zero-order valence-electron chi connectivity index (χ0n) is 13.1. The summed E-state index contributed by atoms with van der Waals surface area (Å²) in [6.07, 6.45) is 5.19.